The number of carbonyl (C=O) groups is 1. The third-order valence-corrected chi connectivity index (χ3v) is 5.24. The molecule has 0 atom stereocenters. The highest BCUT2D eigenvalue weighted by atomic mass is 16.2. The molecule has 4 nitrogen and oxygen atoms in total. The average Bonchev–Trinajstić information content (AvgIpc) is 3.28. The van der Waals surface area contributed by atoms with Crippen LogP contribution in [0.25, 0.3) is 0 Å². The van der Waals surface area contributed by atoms with Gasteiger partial charge in [0.15, 0.2) is 0 Å². The number of hydrogen-bond acceptors (Lipinski definition) is 2. The largest absolute Gasteiger partial charge is 0.307 e. The van der Waals surface area contributed by atoms with Gasteiger partial charge in [-0.25, -0.2) is 0 Å². The van der Waals surface area contributed by atoms with Crippen LogP contribution in [0.4, 0.5) is 5.69 Å². The molecule has 1 aliphatic heterocycles. The molecule has 1 amide bonds. The highest BCUT2D eigenvalue weighted by molar-refractivity contribution is 6.07. The molecule has 1 spiro atoms. The number of fused-ring (bicyclic) bond motifs is 2. The summed E-state index contributed by atoms with van der Waals surface area (Å²) in [6.45, 7) is 3.64. The van der Waals surface area contributed by atoms with Gasteiger partial charge in [0, 0.05) is 30.4 Å². The second kappa shape index (κ2) is 4.97. The van der Waals surface area contributed by atoms with Crippen LogP contribution in [0.15, 0.2) is 36.7 Å². The molecule has 1 saturated carbocycles. The average molecular weight is 295 g/mol. The van der Waals surface area contributed by atoms with Crippen LogP contribution in [0.1, 0.15) is 48.5 Å². The number of rotatable bonds is 2. The molecule has 0 radical (unpaired) electrons. The van der Waals surface area contributed by atoms with Crippen molar-refractivity contribution < 1.29 is 4.79 Å². The summed E-state index contributed by atoms with van der Waals surface area (Å²) in [6.07, 6.45) is 8.47. The Balaban J connectivity index is 1.72. The monoisotopic (exact) mass is 295 g/mol. The Bertz CT molecular complexity index is 713. The fourth-order valence-corrected chi connectivity index (χ4v) is 4.09. The molecular formula is C18H21N3O. The first kappa shape index (κ1) is 13.6. The minimum Gasteiger partial charge on any atom is -0.307 e. The van der Waals surface area contributed by atoms with Gasteiger partial charge in [-0.05, 0) is 31.4 Å². The van der Waals surface area contributed by atoms with Gasteiger partial charge in [0.2, 0.25) is 0 Å². The predicted molar refractivity (Wildman–Crippen MR) is 86.2 cm³/mol. The molecule has 4 heteroatoms. The van der Waals surface area contributed by atoms with Gasteiger partial charge < -0.3 is 4.90 Å². The lowest BCUT2D eigenvalue weighted by atomic mass is 9.81. The van der Waals surface area contributed by atoms with E-state index in [4.69, 9.17) is 0 Å². The molecule has 22 heavy (non-hydrogen) atoms. The third-order valence-electron chi connectivity index (χ3n) is 5.24. The summed E-state index contributed by atoms with van der Waals surface area (Å²) in [6, 6.07) is 8.43. The first-order valence-electron chi connectivity index (χ1n) is 8.17. The molecule has 1 aliphatic carbocycles. The van der Waals surface area contributed by atoms with Crippen molar-refractivity contribution in [2.45, 2.75) is 44.6 Å². The summed E-state index contributed by atoms with van der Waals surface area (Å²) in [5, 5.41) is 4.24. The molecular weight excluding hydrogens is 274 g/mol. The Kier molecular flexibility index (Phi) is 3.06. The number of para-hydroxylation sites is 1. The lowest BCUT2D eigenvalue weighted by molar-refractivity contribution is 0.0985. The maximum absolute atomic E-state index is 13.0. The van der Waals surface area contributed by atoms with Gasteiger partial charge >= 0.3 is 0 Å². The minimum absolute atomic E-state index is 0.0796. The van der Waals surface area contributed by atoms with E-state index in [9.17, 15) is 4.79 Å². The van der Waals surface area contributed by atoms with E-state index in [0.29, 0.717) is 5.56 Å². The van der Waals surface area contributed by atoms with Gasteiger partial charge in [-0.3, -0.25) is 9.48 Å². The fraction of sp³-hybridized carbons (Fsp3) is 0.444. The van der Waals surface area contributed by atoms with Crippen LogP contribution in [0, 0.1) is 0 Å². The Morgan fingerprint density at radius 1 is 1.27 bits per heavy atom. The second-order valence-electron chi connectivity index (χ2n) is 6.48. The van der Waals surface area contributed by atoms with Crippen molar-refractivity contribution in [3.05, 3.63) is 47.8 Å². The van der Waals surface area contributed by atoms with E-state index in [2.05, 4.69) is 23.3 Å². The zero-order valence-electron chi connectivity index (χ0n) is 13.0. The molecule has 2 aliphatic rings. The predicted octanol–water partition coefficient (Wildman–Crippen LogP) is 3.38. The van der Waals surface area contributed by atoms with Crippen molar-refractivity contribution in [3.63, 3.8) is 0 Å². The van der Waals surface area contributed by atoms with E-state index in [1.54, 1.807) is 10.9 Å². The van der Waals surface area contributed by atoms with Crippen LogP contribution in [-0.4, -0.2) is 22.2 Å². The van der Waals surface area contributed by atoms with E-state index in [-0.39, 0.29) is 11.3 Å². The fourth-order valence-electron chi connectivity index (χ4n) is 4.09. The lowest BCUT2D eigenvalue weighted by Gasteiger charge is -2.24. The molecule has 0 saturated heterocycles. The van der Waals surface area contributed by atoms with Crippen LogP contribution in [0.3, 0.4) is 0 Å². The van der Waals surface area contributed by atoms with Crippen LogP contribution in [0.5, 0.6) is 0 Å². The number of aryl methyl sites for hydroxylation is 1. The quantitative estimate of drug-likeness (QED) is 0.852. The summed E-state index contributed by atoms with van der Waals surface area (Å²) in [5.74, 6) is 0.0796. The zero-order valence-corrected chi connectivity index (χ0v) is 13.0. The Morgan fingerprint density at radius 3 is 2.77 bits per heavy atom. The first-order valence-corrected chi connectivity index (χ1v) is 8.17. The first-order chi connectivity index (χ1) is 10.7. The van der Waals surface area contributed by atoms with Gasteiger partial charge in [0.1, 0.15) is 0 Å². The highest BCUT2D eigenvalue weighted by Crippen LogP contribution is 2.50. The number of nitrogens with zero attached hydrogens (tertiary/aromatic N) is 3. The number of aromatic nitrogens is 2. The van der Waals surface area contributed by atoms with Crippen molar-refractivity contribution in [3.8, 4) is 0 Å². The minimum atomic E-state index is 0.0796. The van der Waals surface area contributed by atoms with Crippen LogP contribution < -0.4 is 4.90 Å². The topological polar surface area (TPSA) is 38.1 Å². The summed E-state index contributed by atoms with van der Waals surface area (Å²) in [7, 11) is 0. The molecule has 0 unspecified atom stereocenters. The number of anilines is 1. The SMILES string of the molecule is CCn1cc(C(=O)N2CC3(CCCC3)c3ccccc32)cn1. The van der Waals surface area contributed by atoms with E-state index in [1.165, 1.54) is 31.2 Å². The third kappa shape index (κ3) is 1.90. The number of amides is 1. The molecule has 1 aromatic heterocycles. The number of hydrogen-bond donors (Lipinski definition) is 0. The van der Waals surface area contributed by atoms with Crippen molar-refractivity contribution in [2.24, 2.45) is 0 Å². The number of benzene rings is 1. The van der Waals surface area contributed by atoms with Crippen LogP contribution in [-0.2, 0) is 12.0 Å². The molecule has 2 aromatic rings. The van der Waals surface area contributed by atoms with Gasteiger partial charge in [-0.15, -0.1) is 0 Å². The normalized spacial score (nSPS) is 18.9. The van der Waals surface area contributed by atoms with E-state index in [0.717, 1.165) is 18.8 Å². The van der Waals surface area contributed by atoms with Crippen molar-refractivity contribution in [1.82, 2.24) is 9.78 Å². The smallest absolute Gasteiger partial charge is 0.261 e. The lowest BCUT2D eigenvalue weighted by Crippen LogP contribution is -2.35. The molecule has 0 bridgehead atoms. The van der Waals surface area contributed by atoms with Crippen molar-refractivity contribution in [1.29, 1.82) is 0 Å². The summed E-state index contributed by atoms with van der Waals surface area (Å²) >= 11 is 0. The Hall–Kier alpha value is -2.10. The molecule has 2 heterocycles. The van der Waals surface area contributed by atoms with E-state index >= 15 is 0 Å². The van der Waals surface area contributed by atoms with Gasteiger partial charge in [0.25, 0.3) is 5.91 Å². The Morgan fingerprint density at radius 2 is 2.05 bits per heavy atom. The van der Waals surface area contributed by atoms with E-state index in [1.807, 2.05) is 24.1 Å². The van der Waals surface area contributed by atoms with Gasteiger partial charge in [0.05, 0.1) is 11.8 Å². The molecule has 1 aromatic carbocycles. The molecule has 114 valence electrons. The van der Waals surface area contributed by atoms with Crippen LogP contribution >= 0.6 is 0 Å². The maximum atomic E-state index is 13.0. The van der Waals surface area contributed by atoms with Crippen molar-refractivity contribution >= 4 is 11.6 Å². The zero-order chi connectivity index (χ0) is 15.2. The van der Waals surface area contributed by atoms with Crippen molar-refractivity contribution in [2.75, 3.05) is 11.4 Å². The van der Waals surface area contributed by atoms with Crippen LogP contribution in [0.2, 0.25) is 0 Å². The van der Waals surface area contributed by atoms with Gasteiger partial charge in [-0.1, -0.05) is 31.0 Å². The number of carbonyl (C=O) groups excluding carboxylic acids is 1. The second-order valence-corrected chi connectivity index (χ2v) is 6.48. The van der Waals surface area contributed by atoms with E-state index < -0.39 is 0 Å². The molecule has 4 rings (SSSR count). The summed E-state index contributed by atoms with van der Waals surface area (Å²) in [5.41, 5.74) is 3.33. The maximum Gasteiger partial charge on any atom is 0.261 e. The standard InChI is InChI=1S/C18H21N3O/c1-2-20-12-14(11-19-20)17(22)21-13-18(9-5-6-10-18)15-7-3-4-8-16(15)21/h3-4,7-8,11-12H,2,5-6,9-10,13H2,1H3. The Labute approximate surface area is 130 Å². The molecule has 0 N–H and O–H groups in total. The summed E-state index contributed by atoms with van der Waals surface area (Å²) < 4.78 is 1.81. The van der Waals surface area contributed by atoms with Gasteiger partial charge in [-0.2, -0.15) is 5.10 Å². The summed E-state index contributed by atoms with van der Waals surface area (Å²) in [4.78, 5) is 14.9. The highest BCUT2D eigenvalue weighted by Gasteiger charge is 2.46. The molecule has 1 fully saturated rings.